The smallest absolute Gasteiger partial charge is 0.218 e. The van der Waals surface area contributed by atoms with E-state index in [-0.39, 0.29) is 30.2 Å². The van der Waals surface area contributed by atoms with Crippen molar-refractivity contribution in [3.8, 4) is 0 Å². The molecule has 1 heterocycles. The van der Waals surface area contributed by atoms with Gasteiger partial charge in [0.25, 0.3) is 0 Å². The van der Waals surface area contributed by atoms with Gasteiger partial charge in [-0.1, -0.05) is 30.3 Å². The Hall–Kier alpha value is -1.99. The number of sulfonamides is 1. The molecule has 4 nitrogen and oxygen atoms in total. The van der Waals surface area contributed by atoms with E-state index in [4.69, 9.17) is 0 Å². The maximum absolute atomic E-state index is 13.8. The zero-order valence-corrected chi connectivity index (χ0v) is 13.8. The highest BCUT2D eigenvalue weighted by molar-refractivity contribution is 7.88. The number of hydrogen-bond donors (Lipinski definition) is 0. The number of hydrogen-bond acceptors (Lipinski definition) is 3. The highest BCUT2D eigenvalue weighted by Crippen LogP contribution is 2.22. The molecule has 7 heteroatoms. The molecule has 128 valence electrons. The zero-order chi connectivity index (χ0) is 17.2. The number of nitrogens with zero attached hydrogens (tertiary/aromatic N) is 2. The lowest BCUT2D eigenvalue weighted by molar-refractivity contribution is 0.382. The molecule has 2 aromatic rings. The second-order valence-corrected chi connectivity index (χ2v) is 7.65. The first-order valence-corrected chi connectivity index (χ1v) is 9.29. The van der Waals surface area contributed by atoms with E-state index in [1.165, 1.54) is 28.6 Å². The predicted octanol–water partition coefficient (Wildman–Crippen LogP) is 2.62. The molecule has 3 rings (SSSR count). The Morgan fingerprint density at radius 3 is 2.04 bits per heavy atom. The molecule has 0 bridgehead atoms. The third-order valence-corrected chi connectivity index (χ3v) is 5.95. The van der Waals surface area contributed by atoms with Crippen LogP contribution in [0.25, 0.3) is 0 Å². The number of para-hydroxylation sites is 1. The quantitative estimate of drug-likeness (QED) is 0.849. The summed E-state index contributed by atoms with van der Waals surface area (Å²) in [7, 11) is -3.60. The number of rotatable bonds is 4. The molecule has 1 aliphatic heterocycles. The maximum Gasteiger partial charge on any atom is 0.218 e. The maximum atomic E-state index is 13.8. The van der Waals surface area contributed by atoms with Gasteiger partial charge in [-0.2, -0.15) is 4.31 Å². The minimum Gasteiger partial charge on any atom is -0.367 e. The highest BCUT2D eigenvalue weighted by Gasteiger charge is 2.28. The summed E-state index contributed by atoms with van der Waals surface area (Å²) in [5.41, 5.74) is 0.637. The Bertz CT molecular complexity index is 819. The van der Waals surface area contributed by atoms with E-state index in [2.05, 4.69) is 0 Å². The summed E-state index contributed by atoms with van der Waals surface area (Å²) >= 11 is 0. The van der Waals surface area contributed by atoms with Gasteiger partial charge < -0.3 is 4.90 Å². The van der Waals surface area contributed by atoms with Crippen LogP contribution in [0.4, 0.5) is 14.5 Å². The fourth-order valence-electron chi connectivity index (χ4n) is 2.82. The van der Waals surface area contributed by atoms with Crippen molar-refractivity contribution in [1.29, 1.82) is 0 Å². The van der Waals surface area contributed by atoms with Crippen molar-refractivity contribution >= 4 is 15.7 Å². The third kappa shape index (κ3) is 3.57. The van der Waals surface area contributed by atoms with Gasteiger partial charge in [-0.15, -0.1) is 0 Å². The largest absolute Gasteiger partial charge is 0.367 e. The van der Waals surface area contributed by atoms with Crippen LogP contribution in [0.15, 0.2) is 48.5 Å². The van der Waals surface area contributed by atoms with E-state index in [9.17, 15) is 17.2 Å². The molecule has 0 spiro atoms. The Kier molecular flexibility index (Phi) is 4.82. The van der Waals surface area contributed by atoms with Gasteiger partial charge in [-0.3, -0.25) is 0 Å². The van der Waals surface area contributed by atoms with Crippen molar-refractivity contribution in [2.45, 2.75) is 5.75 Å². The molecule has 1 aliphatic rings. The average Bonchev–Trinajstić information content (AvgIpc) is 2.57. The number of anilines is 1. The van der Waals surface area contributed by atoms with Gasteiger partial charge in [-0.25, -0.2) is 17.2 Å². The van der Waals surface area contributed by atoms with Gasteiger partial charge >= 0.3 is 0 Å². The predicted molar refractivity (Wildman–Crippen MR) is 89.2 cm³/mol. The van der Waals surface area contributed by atoms with Gasteiger partial charge in [0.05, 0.1) is 11.4 Å². The fraction of sp³-hybridized carbons (Fsp3) is 0.294. The molecule has 0 amide bonds. The van der Waals surface area contributed by atoms with Crippen LogP contribution < -0.4 is 4.90 Å². The van der Waals surface area contributed by atoms with Gasteiger partial charge in [0.2, 0.25) is 10.0 Å². The molecule has 0 unspecified atom stereocenters. The lowest BCUT2D eigenvalue weighted by atomic mass is 10.2. The van der Waals surface area contributed by atoms with Crippen LogP contribution in [-0.2, 0) is 15.8 Å². The van der Waals surface area contributed by atoms with Crippen molar-refractivity contribution in [3.63, 3.8) is 0 Å². The molecule has 1 fully saturated rings. The lowest BCUT2D eigenvalue weighted by Crippen LogP contribution is -2.49. The average molecular weight is 352 g/mol. The third-order valence-electron chi connectivity index (χ3n) is 4.12. The molecule has 2 aromatic carbocycles. The van der Waals surface area contributed by atoms with Crippen LogP contribution in [0.1, 0.15) is 5.56 Å². The summed E-state index contributed by atoms with van der Waals surface area (Å²) in [6, 6.07) is 12.3. The molecule has 0 aromatic heterocycles. The Labute approximate surface area is 140 Å². The van der Waals surface area contributed by atoms with Crippen molar-refractivity contribution < 1.29 is 17.2 Å². The van der Waals surface area contributed by atoms with Crippen molar-refractivity contribution in [3.05, 3.63) is 65.7 Å². The first kappa shape index (κ1) is 16.9. The summed E-state index contributed by atoms with van der Waals surface area (Å²) in [5, 5.41) is 0. The topological polar surface area (TPSA) is 40.6 Å². The summed E-state index contributed by atoms with van der Waals surface area (Å²) in [6.45, 7) is 1.31. The summed E-state index contributed by atoms with van der Waals surface area (Å²) in [6.07, 6.45) is 0. The first-order valence-electron chi connectivity index (χ1n) is 7.68. The van der Waals surface area contributed by atoms with E-state index < -0.39 is 15.8 Å². The Morgan fingerprint density at radius 1 is 0.833 bits per heavy atom. The normalized spacial score (nSPS) is 16.3. The molecule has 1 saturated heterocycles. The van der Waals surface area contributed by atoms with E-state index in [0.29, 0.717) is 18.8 Å². The monoisotopic (exact) mass is 352 g/mol. The zero-order valence-electron chi connectivity index (χ0n) is 13.0. The van der Waals surface area contributed by atoms with Crippen molar-refractivity contribution in [2.24, 2.45) is 0 Å². The van der Waals surface area contributed by atoms with Crippen LogP contribution >= 0.6 is 0 Å². The van der Waals surface area contributed by atoms with Gasteiger partial charge in [0.15, 0.2) is 0 Å². The summed E-state index contributed by atoms with van der Waals surface area (Å²) in [4.78, 5) is 1.82. The minimum absolute atomic E-state index is 0.161. The first-order chi connectivity index (χ1) is 11.5. The van der Waals surface area contributed by atoms with E-state index in [0.717, 1.165) is 0 Å². The molecule has 0 radical (unpaired) electrons. The fourth-order valence-corrected chi connectivity index (χ4v) is 4.35. The highest BCUT2D eigenvalue weighted by atomic mass is 32.2. The van der Waals surface area contributed by atoms with Crippen LogP contribution in [0.2, 0.25) is 0 Å². The molecule has 0 atom stereocenters. The van der Waals surface area contributed by atoms with E-state index in [1.807, 2.05) is 4.90 Å². The minimum atomic E-state index is -3.60. The van der Waals surface area contributed by atoms with Crippen LogP contribution in [0.3, 0.4) is 0 Å². The number of halogens is 2. The molecule has 0 N–H and O–H groups in total. The second kappa shape index (κ2) is 6.86. The lowest BCUT2D eigenvalue weighted by Gasteiger charge is -2.35. The second-order valence-electron chi connectivity index (χ2n) is 5.69. The Balaban J connectivity index is 1.68. The van der Waals surface area contributed by atoms with Gasteiger partial charge in [0, 0.05) is 31.7 Å². The molecular weight excluding hydrogens is 334 g/mol. The van der Waals surface area contributed by atoms with Crippen molar-refractivity contribution in [1.82, 2.24) is 4.31 Å². The Morgan fingerprint density at radius 2 is 1.42 bits per heavy atom. The number of piperazine rings is 1. The van der Waals surface area contributed by atoms with Gasteiger partial charge in [-0.05, 0) is 18.2 Å². The molecular formula is C17H18F2N2O2S. The standard InChI is InChI=1S/C17H18F2N2O2S/c18-15-6-2-1-5-14(15)13-24(22,23)21-11-9-20(10-12-21)17-8-4-3-7-16(17)19/h1-8H,9-13H2. The van der Waals surface area contributed by atoms with Crippen molar-refractivity contribution in [2.75, 3.05) is 31.1 Å². The summed E-state index contributed by atoms with van der Waals surface area (Å²) < 4.78 is 53.8. The van der Waals surface area contributed by atoms with Gasteiger partial charge in [0.1, 0.15) is 11.6 Å². The van der Waals surface area contributed by atoms with Crippen LogP contribution in [0.5, 0.6) is 0 Å². The molecule has 24 heavy (non-hydrogen) atoms. The van der Waals surface area contributed by atoms with Crippen LogP contribution in [-0.4, -0.2) is 38.9 Å². The number of benzene rings is 2. The van der Waals surface area contributed by atoms with E-state index >= 15 is 0 Å². The SMILES string of the molecule is O=S(=O)(Cc1ccccc1F)N1CCN(c2ccccc2F)CC1. The van der Waals surface area contributed by atoms with Crippen LogP contribution in [0, 0.1) is 11.6 Å². The molecule has 0 aliphatic carbocycles. The summed E-state index contributed by atoms with van der Waals surface area (Å²) in [5.74, 6) is -1.20. The van der Waals surface area contributed by atoms with E-state index in [1.54, 1.807) is 24.3 Å². The molecule has 0 saturated carbocycles.